The van der Waals surface area contributed by atoms with Crippen molar-refractivity contribution in [3.63, 3.8) is 0 Å². The molecule has 2 aromatic heterocycles. The Labute approximate surface area is 152 Å². The predicted molar refractivity (Wildman–Crippen MR) is 94.9 cm³/mol. The number of sulfonamides is 1. The summed E-state index contributed by atoms with van der Waals surface area (Å²) in [5, 5.41) is 8.58. The van der Waals surface area contributed by atoms with Gasteiger partial charge in [-0.25, -0.2) is 18.1 Å². The van der Waals surface area contributed by atoms with E-state index >= 15 is 0 Å². The van der Waals surface area contributed by atoms with Gasteiger partial charge in [-0.2, -0.15) is 0 Å². The van der Waals surface area contributed by atoms with E-state index in [1.165, 1.54) is 0 Å². The molecule has 0 amide bonds. The number of hydrogen-bond acceptors (Lipinski definition) is 5. The van der Waals surface area contributed by atoms with Crippen molar-refractivity contribution < 1.29 is 8.42 Å². The molecule has 0 spiro atoms. The minimum atomic E-state index is -3.47. The molecule has 8 nitrogen and oxygen atoms in total. The molecule has 2 heterocycles. The lowest BCUT2D eigenvalue weighted by Crippen LogP contribution is -2.43. The van der Waals surface area contributed by atoms with Crippen LogP contribution < -0.4 is 4.72 Å². The summed E-state index contributed by atoms with van der Waals surface area (Å²) in [6, 6.07) is 8.37. The molecule has 0 bridgehead atoms. The first-order chi connectivity index (χ1) is 12.5. The van der Waals surface area contributed by atoms with Crippen LogP contribution in [0.3, 0.4) is 0 Å². The molecule has 3 aromatic rings. The van der Waals surface area contributed by atoms with Crippen molar-refractivity contribution in [2.75, 3.05) is 0 Å². The Morgan fingerprint density at radius 1 is 1.19 bits per heavy atom. The van der Waals surface area contributed by atoms with Crippen LogP contribution in [0.1, 0.15) is 30.4 Å². The largest absolute Gasteiger partial charge is 0.330 e. The van der Waals surface area contributed by atoms with E-state index in [1.807, 2.05) is 22.4 Å². The predicted octanol–water partition coefficient (Wildman–Crippen LogP) is 1.28. The Hall–Kier alpha value is -2.52. The molecular weight excluding hydrogens is 352 g/mol. The van der Waals surface area contributed by atoms with E-state index in [2.05, 4.69) is 19.9 Å². The van der Waals surface area contributed by atoms with Crippen LogP contribution >= 0.6 is 0 Å². The lowest BCUT2D eigenvalue weighted by atomic mass is 9.80. The zero-order valence-corrected chi connectivity index (χ0v) is 15.2. The number of nitrogens with zero attached hydrogens (tertiary/aromatic N) is 5. The van der Waals surface area contributed by atoms with Gasteiger partial charge in [0, 0.05) is 31.4 Å². The van der Waals surface area contributed by atoms with Crippen LogP contribution in [0.4, 0.5) is 0 Å². The van der Waals surface area contributed by atoms with E-state index in [1.54, 1.807) is 42.9 Å². The zero-order valence-electron chi connectivity index (χ0n) is 14.4. The third-order valence-corrected chi connectivity index (χ3v) is 6.30. The molecule has 4 rings (SSSR count). The van der Waals surface area contributed by atoms with E-state index in [0.717, 1.165) is 24.5 Å². The van der Waals surface area contributed by atoms with Crippen LogP contribution in [0.5, 0.6) is 0 Å². The van der Waals surface area contributed by atoms with Gasteiger partial charge in [0.2, 0.25) is 10.0 Å². The van der Waals surface area contributed by atoms with Gasteiger partial charge in [-0.05, 0) is 25.0 Å². The van der Waals surface area contributed by atoms with Crippen LogP contribution in [0, 0.1) is 0 Å². The minimum absolute atomic E-state index is 0.0704. The molecule has 1 fully saturated rings. The average Bonchev–Trinajstić information content (AvgIpc) is 3.23. The fraction of sp³-hybridized carbons (Fsp3) is 0.353. The maximum atomic E-state index is 12.4. The summed E-state index contributed by atoms with van der Waals surface area (Å²) in [6.45, 7) is 0.611. The number of aromatic nitrogens is 5. The van der Waals surface area contributed by atoms with E-state index < -0.39 is 10.0 Å². The fourth-order valence-corrected chi connectivity index (χ4v) is 4.51. The molecule has 1 aromatic carbocycles. The van der Waals surface area contributed by atoms with Gasteiger partial charge in [-0.15, -0.1) is 10.2 Å². The smallest absolute Gasteiger partial charge is 0.240 e. The monoisotopic (exact) mass is 372 g/mol. The molecule has 0 unspecified atom stereocenters. The molecule has 0 aliphatic heterocycles. The molecule has 0 radical (unpaired) electrons. The fourth-order valence-electron chi connectivity index (χ4n) is 3.22. The SMILES string of the molecule is Cn1c(Cn2ccnc2)nnc1C1CC(NS(=O)(=O)c2ccccc2)C1. The highest BCUT2D eigenvalue weighted by Crippen LogP contribution is 2.36. The maximum Gasteiger partial charge on any atom is 0.240 e. The van der Waals surface area contributed by atoms with Crippen molar-refractivity contribution in [1.82, 2.24) is 29.0 Å². The van der Waals surface area contributed by atoms with Gasteiger partial charge in [0.05, 0.1) is 17.8 Å². The van der Waals surface area contributed by atoms with Crippen molar-refractivity contribution >= 4 is 10.0 Å². The van der Waals surface area contributed by atoms with Crippen molar-refractivity contribution in [2.45, 2.75) is 36.2 Å². The van der Waals surface area contributed by atoms with Crippen LogP contribution in [0.2, 0.25) is 0 Å². The van der Waals surface area contributed by atoms with Crippen molar-refractivity contribution in [1.29, 1.82) is 0 Å². The second-order valence-corrected chi connectivity index (χ2v) is 8.28. The van der Waals surface area contributed by atoms with Crippen LogP contribution in [-0.4, -0.2) is 38.8 Å². The molecule has 9 heteroatoms. The number of hydrogen-bond donors (Lipinski definition) is 1. The van der Waals surface area contributed by atoms with Gasteiger partial charge < -0.3 is 9.13 Å². The standard InChI is InChI=1S/C17H20N6O2S/c1-22-16(11-23-8-7-18-12-23)19-20-17(22)13-9-14(10-13)21-26(24,25)15-5-3-2-4-6-15/h2-8,12-14,21H,9-11H2,1H3. The highest BCUT2D eigenvalue weighted by Gasteiger charge is 2.36. The summed E-state index contributed by atoms with van der Waals surface area (Å²) >= 11 is 0. The quantitative estimate of drug-likeness (QED) is 0.703. The topological polar surface area (TPSA) is 94.7 Å². The lowest BCUT2D eigenvalue weighted by molar-refractivity contribution is 0.309. The highest BCUT2D eigenvalue weighted by molar-refractivity contribution is 7.89. The van der Waals surface area contributed by atoms with E-state index in [0.29, 0.717) is 11.4 Å². The molecule has 0 saturated heterocycles. The van der Waals surface area contributed by atoms with E-state index in [-0.39, 0.29) is 12.0 Å². The first-order valence-electron chi connectivity index (χ1n) is 8.44. The Morgan fingerprint density at radius 3 is 2.65 bits per heavy atom. The van der Waals surface area contributed by atoms with E-state index in [9.17, 15) is 8.42 Å². The van der Waals surface area contributed by atoms with Crippen molar-refractivity contribution in [2.24, 2.45) is 7.05 Å². The highest BCUT2D eigenvalue weighted by atomic mass is 32.2. The summed E-state index contributed by atoms with van der Waals surface area (Å²) in [5.74, 6) is 1.97. The average molecular weight is 372 g/mol. The molecule has 1 saturated carbocycles. The molecule has 136 valence electrons. The molecule has 1 aliphatic rings. The maximum absolute atomic E-state index is 12.4. The first kappa shape index (κ1) is 16.9. The van der Waals surface area contributed by atoms with Crippen LogP contribution in [0.25, 0.3) is 0 Å². The Balaban J connectivity index is 1.39. The van der Waals surface area contributed by atoms with Crippen molar-refractivity contribution in [3.8, 4) is 0 Å². The van der Waals surface area contributed by atoms with Gasteiger partial charge in [-0.1, -0.05) is 18.2 Å². The molecule has 1 aliphatic carbocycles. The zero-order chi connectivity index (χ0) is 18.1. The summed E-state index contributed by atoms with van der Waals surface area (Å²) in [6.07, 6.45) is 6.80. The minimum Gasteiger partial charge on any atom is -0.330 e. The molecule has 1 N–H and O–H groups in total. The van der Waals surface area contributed by atoms with E-state index in [4.69, 9.17) is 0 Å². The third-order valence-electron chi connectivity index (χ3n) is 4.76. The number of rotatable bonds is 6. The summed E-state index contributed by atoms with van der Waals surface area (Å²) in [5.41, 5.74) is 0. The van der Waals surface area contributed by atoms with Crippen LogP contribution in [-0.2, 0) is 23.6 Å². The number of benzene rings is 1. The normalized spacial score (nSPS) is 20.0. The second-order valence-electron chi connectivity index (χ2n) is 6.57. The van der Waals surface area contributed by atoms with Crippen molar-refractivity contribution in [3.05, 3.63) is 60.7 Å². The van der Waals surface area contributed by atoms with Crippen LogP contribution in [0.15, 0.2) is 53.9 Å². The Morgan fingerprint density at radius 2 is 1.96 bits per heavy atom. The Kier molecular flexibility index (Phi) is 4.33. The summed E-state index contributed by atoms with van der Waals surface area (Å²) < 4.78 is 31.5. The number of nitrogens with one attached hydrogen (secondary N) is 1. The lowest BCUT2D eigenvalue weighted by Gasteiger charge is -2.34. The second kappa shape index (κ2) is 6.65. The van der Waals surface area contributed by atoms with Gasteiger partial charge in [0.1, 0.15) is 5.82 Å². The Bertz CT molecular complexity index is 976. The molecular formula is C17H20N6O2S. The van der Waals surface area contributed by atoms with Gasteiger partial charge in [0.25, 0.3) is 0 Å². The van der Waals surface area contributed by atoms with Gasteiger partial charge in [-0.3, -0.25) is 0 Å². The van der Waals surface area contributed by atoms with Gasteiger partial charge in [0.15, 0.2) is 5.82 Å². The molecule has 0 atom stereocenters. The van der Waals surface area contributed by atoms with Gasteiger partial charge >= 0.3 is 0 Å². The third kappa shape index (κ3) is 3.27. The summed E-state index contributed by atoms with van der Waals surface area (Å²) in [7, 11) is -1.52. The summed E-state index contributed by atoms with van der Waals surface area (Å²) in [4.78, 5) is 4.32. The first-order valence-corrected chi connectivity index (χ1v) is 9.92. The molecule has 26 heavy (non-hydrogen) atoms. The number of imidazole rings is 1.